The van der Waals surface area contributed by atoms with Crippen LogP contribution in [0.4, 0.5) is 5.69 Å². The Kier molecular flexibility index (Phi) is 2.88. The number of fused-ring (bicyclic) bond motifs is 2. The van der Waals surface area contributed by atoms with Gasteiger partial charge in [-0.2, -0.15) is 0 Å². The molecule has 0 amide bonds. The Morgan fingerprint density at radius 1 is 1.29 bits per heavy atom. The maximum absolute atomic E-state index is 4.87. The quantitative estimate of drug-likeness (QED) is 0.798. The summed E-state index contributed by atoms with van der Waals surface area (Å²) >= 11 is 0. The maximum Gasteiger partial charge on any atom is 0.119 e. The van der Waals surface area contributed by atoms with Gasteiger partial charge in [-0.15, -0.1) is 0 Å². The lowest BCUT2D eigenvalue weighted by atomic mass is 10.0. The van der Waals surface area contributed by atoms with Crippen LogP contribution < -0.4 is 5.32 Å². The third kappa shape index (κ3) is 1.90. The van der Waals surface area contributed by atoms with E-state index < -0.39 is 0 Å². The molecule has 1 atom stereocenters. The van der Waals surface area contributed by atoms with Crippen LogP contribution in [0.3, 0.4) is 0 Å². The molecule has 0 fully saturated rings. The molecule has 21 heavy (non-hydrogen) atoms. The summed E-state index contributed by atoms with van der Waals surface area (Å²) in [5, 5.41) is 3.49. The molecular formula is C17H18N4. The van der Waals surface area contributed by atoms with Crippen LogP contribution in [-0.2, 0) is 6.54 Å². The summed E-state index contributed by atoms with van der Waals surface area (Å²) in [5.41, 5.74) is 4.76. The number of benzene rings is 1. The fourth-order valence-corrected chi connectivity index (χ4v) is 3.24. The molecule has 0 aliphatic carbocycles. The van der Waals surface area contributed by atoms with Crippen molar-refractivity contribution in [2.24, 2.45) is 0 Å². The van der Waals surface area contributed by atoms with Gasteiger partial charge in [0.05, 0.1) is 17.6 Å². The summed E-state index contributed by atoms with van der Waals surface area (Å²) in [6.45, 7) is 4.12. The summed E-state index contributed by atoms with van der Waals surface area (Å²) in [5.74, 6) is 1.47. The Bertz CT molecular complexity index is 790. The normalized spacial score (nSPS) is 16.9. The van der Waals surface area contributed by atoms with Crippen LogP contribution in [0.25, 0.3) is 11.0 Å². The van der Waals surface area contributed by atoms with Crippen molar-refractivity contribution >= 4 is 16.7 Å². The second-order valence-electron chi connectivity index (χ2n) is 5.51. The average molecular weight is 278 g/mol. The summed E-state index contributed by atoms with van der Waals surface area (Å²) in [4.78, 5) is 9.08. The van der Waals surface area contributed by atoms with E-state index in [2.05, 4.69) is 52.1 Å². The van der Waals surface area contributed by atoms with E-state index in [0.717, 1.165) is 30.9 Å². The summed E-state index contributed by atoms with van der Waals surface area (Å²) in [6.07, 6.45) is 4.81. The molecule has 3 aromatic rings. The van der Waals surface area contributed by atoms with Gasteiger partial charge in [0.2, 0.25) is 0 Å². The zero-order valence-corrected chi connectivity index (χ0v) is 12.1. The molecule has 0 spiro atoms. The number of rotatable bonds is 3. The van der Waals surface area contributed by atoms with Crippen molar-refractivity contribution in [1.82, 2.24) is 14.5 Å². The van der Waals surface area contributed by atoms with Crippen LogP contribution in [0.5, 0.6) is 0 Å². The lowest BCUT2D eigenvalue weighted by Crippen LogP contribution is -2.12. The predicted octanol–water partition coefficient (Wildman–Crippen LogP) is 3.40. The highest BCUT2D eigenvalue weighted by Gasteiger charge is 2.28. The Hall–Kier alpha value is -2.36. The molecule has 1 aliphatic rings. The molecule has 0 saturated carbocycles. The SMILES string of the molecule is CCCn1c(C2CNc3ccccc32)nc2cnccc21. The fourth-order valence-electron chi connectivity index (χ4n) is 3.24. The van der Waals surface area contributed by atoms with E-state index in [1.165, 1.54) is 16.8 Å². The first-order chi connectivity index (χ1) is 10.4. The van der Waals surface area contributed by atoms with E-state index in [0.29, 0.717) is 5.92 Å². The van der Waals surface area contributed by atoms with Gasteiger partial charge in [-0.1, -0.05) is 25.1 Å². The minimum atomic E-state index is 0.320. The zero-order chi connectivity index (χ0) is 14.2. The van der Waals surface area contributed by atoms with Gasteiger partial charge in [0, 0.05) is 25.0 Å². The first-order valence-corrected chi connectivity index (χ1v) is 7.51. The molecule has 4 heteroatoms. The smallest absolute Gasteiger partial charge is 0.119 e. The minimum Gasteiger partial charge on any atom is -0.384 e. The topological polar surface area (TPSA) is 42.7 Å². The number of imidazole rings is 1. The molecule has 0 saturated heterocycles. The van der Waals surface area contributed by atoms with Crippen molar-refractivity contribution in [3.05, 3.63) is 54.1 Å². The molecule has 0 bridgehead atoms. The molecule has 3 heterocycles. The van der Waals surface area contributed by atoms with Crippen LogP contribution in [0, 0.1) is 0 Å². The highest BCUT2D eigenvalue weighted by atomic mass is 15.1. The van der Waals surface area contributed by atoms with E-state index in [4.69, 9.17) is 4.98 Å². The first kappa shape index (κ1) is 12.4. The number of aromatic nitrogens is 3. The molecule has 2 aromatic heterocycles. The number of anilines is 1. The van der Waals surface area contributed by atoms with Crippen molar-refractivity contribution in [2.45, 2.75) is 25.8 Å². The van der Waals surface area contributed by atoms with Gasteiger partial charge in [0.1, 0.15) is 11.3 Å². The third-order valence-electron chi connectivity index (χ3n) is 4.17. The standard InChI is InChI=1S/C17H18N4/c1-2-9-21-16-7-8-18-11-15(16)20-17(21)13-10-19-14-6-4-3-5-12(13)14/h3-8,11,13,19H,2,9-10H2,1H3. The van der Waals surface area contributed by atoms with E-state index >= 15 is 0 Å². The first-order valence-electron chi connectivity index (χ1n) is 7.51. The number of pyridine rings is 1. The minimum absolute atomic E-state index is 0.320. The van der Waals surface area contributed by atoms with Crippen molar-refractivity contribution < 1.29 is 0 Å². The molecule has 106 valence electrons. The summed E-state index contributed by atoms with van der Waals surface area (Å²) < 4.78 is 2.35. The zero-order valence-electron chi connectivity index (χ0n) is 12.1. The Labute approximate surface area is 123 Å². The Morgan fingerprint density at radius 3 is 3.10 bits per heavy atom. The van der Waals surface area contributed by atoms with Crippen molar-refractivity contribution in [1.29, 1.82) is 0 Å². The van der Waals surface area contributed by atoms with E-state index in [-0.39, 0.29) is 0 Å². The number of hydrogen-bond acceptors (Lipinski definition) is 3. The van der Waals surface area contributed by atoms with Crippen molar-refractivity contribution in [3.63, 3.8) is 0 Å². The number of nitrogens with zero attached hydrogens (tertiary/aromatic N) is 3. The summed E-state index contributed by atoms with van der Waals surface area (Å²) in [6, 6.07) is 10.6. The van der Waals surface area contributed by atoms with Crippen molar-refractivity contribution in [2.75, 3.05) is 11.9 Å². The molecule has 0 radical (unpaired) electrons. The number of hydrogen-bond donors (Lipinski definition) is 1. The van der Waals surface area contributed by atoms with Crippen LogP contribution in [0.2, 0.25) is 0 Å². The second kappa shape index (κ2) is 4.88. The fraction of sp³-hybridized carbons (Fsp3) is 0.294. The van der Waals surface area contributed by atoms with Crippen molar-refractivity contribution in [3.8, 4) is 0 Å². The second-order valence-corrected chi connectivity index (χ2v) is 5.51. The molecule has 4 rings (SSSR count). The van der Waals surface area contributed by atoms with Gasteiger partial charge in [-0.3, -0.25) is 4.98 Å². The third-order valence-corrected chi connectivity index (χ3v) is 4.17. The van der Waals surface area contributed by atoms with Gasteiger partial charge in [0.25, 0.3) is 0 Å². The van der Waals surface area contributed by atoms with Gasteiger partial charge in [-0.25, -0.2) is 4.98 Å². The van der Waals surface area contributed by atoms with E-state index in [9.17, 15) is 0 Å². The highest BCUT2D eigenvalue weighted by molar-refractivity contribution is 5.75. The van der Waals surface area contributed by atoms with Crippen LogP contribution in [0.15, 0.2) is 42.7 Å². The van der Waals surface area contributed by atoms with Crippen LogP contribution in [0.1, 0.15) is 30.7 Å². The number of nitrogens with one attached hydrogen (secondary N) is 1. The Balaban J connectivity index is 1.89. The molecule has 1 unspecified atom stereocenters. The predicted molar refractivity (Wildman–Crippen MR) is 84.6 cm³/mol. The van der Waals surface area contributed by atoms with Crippen LogP contribution >= 0.6 is 0 Å². The van der Waals surface area contributed by atoms with E-state index in [1.807, 2.05) is 12.4 Å². The number of para-hydroxylation sites is 1. The maximum atomic E-state index is 4.87. The largest absolute Gasteiger partial charge is 0.384 e. The molecule has 1 aromatic carbocycles. The number of aryl methyl sites for hydroxylation is 1. The molecule has 1 aliphatic heterocycles. The lowest BCUT2D eigenvalue weighted by molar-refractivity contribution is 0.635. The molecule has 1 N–H and O–H groups in total. The summed E-state index contributed by atoms with van der Waals surface area (Å²) in [7, 11) is 0. The van der Waals surface area contributed by atoms with Gasteiger partial charge in [0.15, 0.2) is 0 Å². The average Bonchev–Trinajstić information content (AvgIpc) is 3.09. The van der Waals surface area contributed by atoms with Gasteiger partial charge < -0.3 is 9.88 Å². The lowest BCUT2D eigenvalue weighted by Gasteiger charge is -2.13. The molecule has 4 nitrogen and oxygen atoms in total. The highest BCUT2D eigenvalue weighted by Crippen LogP contribution is 2.36. The molecular weight excluding hydrogens is 260 g/mol. The van der Waals surface area contributed by atoms with Gasteiger partial charge >= 0.3 is 0 Å². The Morgan fingerprint density at radius 2 is 2.19 bits per heavy atom. The van der Waals surface area contributed by atoms with Gasteiger partial charge in [-0.05, 0) is 24.1 Å². The monoisotopic (exact) mass is 278 g/mol. The van der Waals surface area contributed by atoms with E-state index in [1.54, 1.807) is 0 Å². The van der Waals surface area contributed by atoms with Crippen LogP contribution in [-0.4, -0.2) is 21.1 Å².